The summed E-state index contributed by atoms with van der Waals surface area (Å²) in [5, 5.41) is 11.9. The molecule has 2 aromatic heterocycles. The van der Waals surface area contributed by atoms with Gasteiger partial charge in [0.05, 0.1) is 13.3 Å². The highest BCUT2D eigenvalue weighted by molar-refractivity contribution is 6.05. The average molecular weight is 473 g/mol. The SMILES string of the molecule is COc1ccc2oc(-c3cn(C4=CC5=C(CC4C)C(=O)N(C4CCC(=O)NC4=O)C5)nn3)cc2c1. The molecule has 178 valence electrons. The molecule has 1 aromatic carbocycles. The summed E-state index contributed by atoms with van der Waals surface area (Å²) >= 11 is 0. The second-order valence-corrected chi connectivity index (χ2v) is 9.14. The minimum absolute atomic E-state index is 0.0221. The van der Waals surface area contributed by atoms with Gasteiger partial charge in [-0.1, -0.05) is 12.1 Å². The maximum atomic E-state index is 13.1. The van der Waals surface area contributed by atoms with Crippen molar-refractivity contribution in [2.24, 2.45) is 5.92 Å². The van der Waals surface area contributed by atoms with Crippen molar-refractivity contribution < 1.29 is 23.5 Å². The molecule has 1 fully saturated rings. The molecular weight excluding hydrogens is 450 g/mol. The van der Waals surface area contributed by atoms with Gasteiger partial charge in [0.1, 0.15) is 23.1 Å². The lowest BCUT2D eigenvalue weighted by molar-refractivity contribution is -0.142. The van der Waals surface area contributed by atoms with E-state index >= 15 is 0 Å². The van der Waals surface area contributed by atoms with E-state index < -0.39 is 11.9 Å². The van der Waals surface area contributed by atoms with Crippen LogP contribution in [0.15, 0.2) is 52.1 Å². The van der Waals surface area contributed by atoms with Crippen molar-refractivity contribution >= 4 is 34.4 Å². The third-order valence-corrected chi connectivity index (χ3v) is 6.90. The number of rotatable bonds is 4. The van der Waals surface area contributed by atoms with Crippen LogP contribution in [0.25, 0.3) is 28.1 Å². The zero-order valence-corrected chi connectivity index (χ0v) is 19.3. The fourth-order valence-corrected chi connectivity index (χ4v) is 5.04. The molecule has 3 amide bonds. The fourth-order valence-electron chi connectivity index (χ4n) is 5.04. The van der Waals surface area contributed by atoms with Crippen molar-refractivity contribution in [1.29, 1.82) is 0 Å². The average Bonchev–Trinajstić information content (AvgIpc) is 3.56. The van der Waals surface area contributed by atoms with Crippen molar-refractivity contribution in [2.75, 3.05) is 13.7 Å². The number of benzene rings is 1. The quantitative estimate of drug-likeness (QED) is 0.578. The number of carbonyl (C=O) groups is 3. The third kappa shape index (κ3) is 3.52. The molecule has 0 bridgehead atoms. The number of carbonyl (C=O) groups excluding carboxylic acids is 3. The largest absolute Gasteiger partial charge is 0.497 e. The summed E-state index contributed by atoms with van der Waals surface area (Å²) in [6.45, 7) is 2.37. The highest BCUT2D eigenvalue weighted by Gasteiger charge is 2.41. The van der Waals surface area contributed by atoms with Crippen LogP contribution in [0.1, 0.15) is 26.2 Å². The van der Waals surface area contributed by atoms with Gasteiger partial charge in [0.25, 0.3) is 5.91 Å². The molecule has 2 aliphatic heterocycles. The van der Waals surface area contributed by atoms with Crippen molar-refractivity contribution in [2.45, 2.75) is 32.2 Å². The van der Waals surface area contributed by atoms with Crippen LogP contribution in [0.4, 0.5) is 0 Å². The third-order valence-electron chi connectivity index (χ3n) is 6.90. The standard InChI is InChI=1S/C25H23N5O5/c1-13-7-17-15(11-29(25(17)33)19-4-6-23(31)26-24(19)32)9-20(13)30-12-18(27-28-30)22-10-14-8-16(34-2)3-5-21(14)35-22/h3,5,8-10,12-13,19H,4,6-7,11H2,1-2H3,(H,26,31,32). The number of hydrogen-bond donors (Lipinski definition) is 1. The minimum Gasteiger partial charge on any atom is -0.497 e. The van der Waals surface area contributed by atoms with Gasteiger partial charge in [0, 0.05) is 35.5 Å². The summed E-state index contributed by atoms with van der Waals surface area (Å²) in [6.07, 6.45) is 4.91. The van der Waals surface area contributed by atoms with Crippen LogP contribution in [-0.2, 0) is 14.4 Å². The Morgan fingerprint density at radius 2 is 2.06 bits per heavy atom. The monoisotopic (exact) mass is 473 g/mol. The van der Waals surface area contributed by atoms with E-state index in [9.17, 15) is 14.4 Å². The summed E-state index contributed by atoms with van der Waals surface area (Å²) in [7, 11) is 1.62. The first-order valence-corrected chi connectivity index (χ1v) is 11.5. The number of nitrogens with one attached hydrogen (secondary N) is 1. The number of furan rings is 1. The van der Waals surface area contributed by atoms with E-state index in [0.717, 1.165) is 33.6 Å². The van der Waals surface area contributed by atoms with E-state index in [-0.39, 0.29) is 24.2 Å². The molecule has 2 atom stereocenters. The van der Waals surface area contributed by atoms with E-state index in [2.05, 4.69) is 15.6 Å². The Morgan fingerprint density at radius 1 is 1.20 bits per heavy atom. The van der Waals surface area contributed by atoms with Crippen molar-refractivity contribution in [1.82, 2.24) is 25.2 Å². The van der Waals surface area contributed by atoms with Gasteiger partial charge in [-0.3, -0.25) is 19.7 Å². The van der Waals surface area contributed by atoms with E-state index in [1.807, 2.05) is 43.5 Å². The van der Waals surface area contributed by atoms with Crippen LogP contribution < -0.4 is 10.1 Å². The number of aromatic nitrogens is 3. The smallest absolute Gasteiger partial charge is 0.251 e. The van der Waals surface area contributed by atoms with E-state index in [1.165, 1.54) is 0 Å². The number of ether oxygens (including phenoxy) is 1. The highest BCUT2D eigenvalue weighted by Crippen LogP contribution is 2.38. The molecule has 10 nitrogen and oxygen atoms in total. The summed E-state index contributed by atoms with van der Waals surface area (Å²) in [4.78, 5) is 38.5. The van der Waals surface area contributed by atoms with Crippen LogP contribution in [0.5, 0.6) is 5.75 Å². The van der Waals surface area contributed by atoms with Crippen LogP contribution in [0.2, 0.25) is 0 Å². The van der Waals surface area contributed by atoms with Crippen LogP contribution >= 0.6 is 0 Å². The molecule has 0 saturated carbocycles. The Bertz CT molecular complexity index is 1460. The topological polar surface area (TPSA) is 120 Å². The predicted molar refractivity (Wildman–Crippen MR) is 125 cm³/mol. The molecular formula is C25H23N5O5. The van der Waals surface area contributed by atoms with Gasteiger partial charge in [-0.25, -0.2) is 4.68 Å². The Morgan fingerprint density at radius 3 is 2.86 bits per heavy atom. The van der Waals surface area contributed by atoms with Crippen molar-refractivity contribution in [3.8, 4) is 17.2 Å². The zero-order chi connectivity index (χ0) is 24.3. The van der Waals surface area contributed by atoms with Crippen LogP contribution in [-0.4, -0.2) is 57.3 Å². The molecule has 10 heteroatoms. The number of nitrogens with zero attached hydrogens (tertiary/aromatic N) is 4. The number of hydrogen-bond acceptors (Lipinski definition) is 7. The van der Waals surface area contributed by atoms with Crippen LogP contribution in [0, 0.1) is 5.92 Å². The molecule has 1 N–H and O–H groups in total. The molecule has 4 heterocycles. The van der Waals surface area contributed by atoms with E-state index in [1.54, 1.807) is 16.7 Å². The first-order valence-electron chi connectivity index (χ1n) is 11.5. The number of imide groups is 1. The summed E-state index contributed by atoms with van der Waals surface area (Å²) in [5.41, 5.74) is 3.84. The number of methoxy groups -OCH3 is 1. The van der Waals surface area contributed by atoms with Crippen molar-refractivity contribution in [3.05, 3.63) is 47.7 Å². The number of piperidine rings is 1. The maximum absolute atomic E-state index is 13.1. The lowest BCUT2D eigenvalue weighted by Crippen LogP contribution is -2.53. The van der Waals surface area contributed by atoms with Crippen molar-refractivity contribution in [3.63, 3.8) is 0 Å². The first kappa shape index (κ1) is 21.3. The molecule has 6 rings (SSSR count). The van der Waals surface area contributed by atoms with Crippen LogP contribution in [0.3, 0.4) is 0 Å². The summed E-state index contributed by atoms with van der Waals surface area (Å²) in [6, 6.07) is 6.87. The first-order chi connectivity index (χ1) is 16.9. The number of amides is 3. The summed E-state index contributed by atoms with van der Waals surface area (Å²) in [5.74, 6) is 0.537. The molecule has 1 saturated heterocycles. The van der Waals surface area contributed by atoms with Gasteiger partial charge < -0.3 is 14.1 Å². The Labute approximate surface area is 200 Å². The van der Waals surface area contributed by atoms with E-state index in [4.69, 9.17) is 9.15 Å². The molecule has 3 aromatic rings. The van der Waals surface area contributed by atoms with Gasteiger partial charge in [-0.05, 0) is 48.8 Å². The number of fused-ring (bicyclic) bond motifs is 1. The van der Waals surface area contributed by atoms with Gasteiger partial charge >= 0.3 is 0 Å². The normalized spacial score (nSPS) is 22.5. The van der Waals surface area contributed by atoms with Gasteiger partial charge in [-0.15, -0.1) is 5.10 Å². The molecule has 3 aliphatic rings. The molecule has 2 unspecified atom stereocenters. The number of allylic oxidation sites excluding steroid dienone is 1. The predicted octanol–water partition coefficient (Wildman–Crippen LogP) is 2.52. The van der Waals surface area contributed by atoms with Gasteiger partial charge in [-0.2, -0.15) is 0 Å². The van der Waals surface area contributed by atoms with Gasteiger partial charge in [0.15, 0.2) is 5.76 Å². The molecule has 35 heavy (non-hydrogen) atoms. The van der Waals surface area contributed by atoms with Gasteiger partial charge in [0.2, 0.25) is 11.8 Å². The fraction of sp³-hybridized carbons (Fsp3) is 0.320. The lowest BCUT2D eigenvalue weighted by Gasteiger charge is -2.29. The Kier molecular flexibility index (Phi) is 4.84. The zero-order valence-electron chi connectivity index (χ0n) is 19.3. The molecule has 0 spiro atoms. The molecule has 0 radical (unpaired) electrons. The maximum Gasteiger partial charge on any atom is 0.251 e. The highest BCUT2D eigenvalue weighted by atomic mass is 16.5. The lowest BCUT2D eigenvalue weighted by atomic mass is 9.89. The Hall–Kier alpha value is -4.21. The second-order valence-electron chi connectivity index (χ2n) is 9.14. The Balaban J connectivity index is 1.27. The minimum atomic E-state index is -0.623. The molecule has 1 aliphatic carbocycles. The summed E-state index contributed by atoms with van der Waals surface area (Å²) < 4.78 is 13.0. The second kappa shape index (κ2) is 7.93. The van der Waals surface area contributed by atoms with E-state index in [0.29, 0.717) is 30.8 Å².